The lowest BCUT2D eigenvalue weighted by Crippen LogP contribution is -2.49. The molecule has 1 saturated heterocycles. The summed E-state index contributed by atoms with van der Waals surface area (Å²) in [7, 11) is 2.34. The van der Waals surface area contributed by atoms with E-state index < -0.39 is 59.5 Å². The Hall–Kier alpha value is -4.72. The summed E-state index contributed by atoms with van der Waals surface area (Å²) < 4.78 is 21.1. The minimum absolute atomic E-state index is 0.0153. The average Bonchev–Trinajstić information content (AvgIpc) is 3.53. The molecular weight excluding hydrogens is 690 g/mol. The van der Waals surface area contributed by atoms with Crippen LogP contribution < -0.4 is 5.32 Å². The van der Waals surface area contributed by atoms with E-state index in [4.69, 9.17) is 18.9 Å². The van der Waals surface area contributed by atoms with Crippen molar-refractivity contribution >= 4 is 51.9 Å². The Balaban J connectivity index is 1.60. The first kappa shape index (κ1) is 36.1. The molecule has 0 saturated carbocycles. The molecule has 2 aromatic carbocycles. The fourth-order valence-electron chi connectivity index (χ4n) is 5.75. The van der Waals surface area contributed by atoms with Crippen LogP contribution in [0.25, 0.3) is 0 Å². The maximum Gasteiger partial charge on any atom is 0.412 e. The highest BCUT2D eigenvalue weighted by Crippen LogP contribution is 2.39. The number of hydrogen-bond acceptors (Lipinski definition) is 10. The summed E-state index contributed by atoms with van der Waals surface area (Å²) in [5.74, 6) is -3.06. The van der Waals surface area contributed by atoms with E-state index in [0.29, 0.717) is 11.1 Å². The first-order valence-corrected chi connectivity index (χ1v) is 16.0. The highest BCUT2D eigenvalue weighted by atomic mass is 79.9. The van der Waals surface area contributed by atoms with Crippen LogP contribution in [-0.2, 0) is 35.1 Å². The normalized spacial score (nSPS) is 19.3. The summed E-state index contributed by atoms with van der Waals surface area (Å²) in [6.45, 7) is 4.97. The van der Waals surface area contributed by atoms with E-state index in [9.17, 15) is 28.8 Å². The maximum atomic E-state index is 13.7. The number of halogens is 1. The van der Waals surface area contributed by atoms with Gasteiger partial charge in [0, 0.05) is 23.5 Å². The topological polar surface area (TPSA) is 158 Å². The molecule has 3 atom stereocenters. The lowest BCUT2D eigenvalue weighted by molar-refractivity contribution is -0.147. The standard InChI is InChI=1S/C34H38BrN3O10/c1-34(2,3)48-33(44)38-22(18-25(35)26(30(41)45-4)36-32(43)47-19-20-11-7-6-8-12-20)17-21(27(38)31(42)46-5)15-16-37-28(39)23-13-9-10-14-24(23)29(37)40/h6-14,21-22,27H,15-19H2,1-5H3,(H,36,43)/b26-25-/t21-,22+,27-/m0/s1. The van der Waals surface area contributed by atoms with Gasteiger partial charge in [0.15, 0.2) is 0 Å². The number of amides is 4. The van der Waals surface area contributed by atoms with Gasteiger partial charge in [-0.3, -0.25) is 24.7 Å². The van der Waals surface area contributed by atoms with E-state index in [1.807, 2.05) is 6.07 Å². The molecule has 2 heterocycles. The molecular formula is C34H38BrN3O10. The van der Waals surface area contributed by atoms with Crippen molar-refractivity contribution < 1.29 is 47.7 Å². The van der Waals surface area contributed by atoms with Gasteiger partial charge in [0.05, 0.1) is 25.3 Å². The van der Waals surface area contributed by atoms with Gasteiger partial charge in [-0.15, -0.1) is 0 Å². The van der Waals surface area contributed by atoms with Gasteiger partial charge in [0.2, 0.25) is 0 Å². The zero-order valence-corrected chi connectivity index (χ0v) is 28.9. The molecule has 0 aromatic heterocycles. The van der Waals surface area contributed by atoms with Crippen molar-refractivity contribution in [3.63, 3.8) is 0 Å². The quantitative estimate of drug-likeness (QED) is 0.154. The Morgan fingerprint density at radius 1 is 0.917 bits per heavy atom. The van der Waals surface area contributed by atoms with E-state index >= 15 is 0 Å². The number of rotatable bonds is 10. The number of alkyl carbamates (subject to hydrolysis) is 1. The Kier molecular flexibility index (Phi) is 11.6. The number of ether oxygens (including phenoxy) is 4. The zero-order valence-electron chi connectivity index (χ0n) is 27.3. The Labute approximate surface area is 286 Å². The third-order valence-electron chi connectivity index (χ3n) is 7.88. The van der Waals surface area contributed by atoms with E-state index in [-0.39, 0.29) is 42.6 Å². The number of hydrogen-bond donors (Lipinski definition) is 1. The second kappa shape index (κ2) is 15.5. The van der Waals surface area contributed by atoms with Crippen molar-refractivity contribution in [3.8, 4) is 0 Å². The van der Waals surface area contributed by atoms with Crippen molar-refractivity contribution in [2.75, 3.05) is 20.8 Å². The molecule has 14 heteroatoms. The molecule has 13 nitrogen and oxygen atoms in total. The number of benzene rings is 2. The highest BCUT2D eigenvalue weighted by molar-refractivity contribution is 9.11. The fourth-order valence-corrected chi connectivity index (χ4v) is 6.38. The van der Waals surface area contributed by atoms with Gasteiger partial charge in [-0.25, -0.2) is 19.2 Å². The number of nitrogens with one attached hydrogen (secondary N) is 1. The molecule has 0 radical (unpaired) electrons. The van der Waals surface area contributed by atoms with Gasteiger partial charge in [-0.1, -0.05) is 58.4 Å². The van der Waals surface area contributed by atoms with Crippen molar-refractivity contribution in [2.24, 2.45) is 5.92 Å². The number of esters is 2. The average molecular weight is 729 g/mol. The molecule has 4 amide bonds. The van der Waals surface area contributed by atoms with Gasteiger partial charge < -0.3 is 18.9 Å². The van der Waals surface area contributed by atoms with Crippen LogP contribution in [0.15, 0.2) is 64.8 Å². The number of carbonyl (C=O) groups is 6. The monoisotopic (exact) mass is 727 g/mol. The maximum absolute atomic E-state index is 13.7. The SMILES string of the molecule is COC(=O)/C(NC(=O)OCc1ccccc1)=C(/Br)C[C@H]1C[C@H](CCN2C(=O)c3ccccc3C2=O)[C@@H](C(=O)OC)N1C(=O)OC(C)(C)C. The summed E-state index contributed by atoms with van der Waals surface area (Å²) >= 11 is 3.39. The first-order valence-electron chi connectivity index (χ1n) is 15.2. The van der Waals surface area contributed by atoms with Crippen LogP contribution in [0.3, 0.4) is 0 Å². The third kappa shape index (κ3) is 8.40. The van der Waals surface area contributed by atoms with E-state index in [2.05, 4.69) is 21.2 Å². The van der Waals surface area contributed by atoms with Crippen LogP contribution in [0.2, 0.25) is 0 Å². The minimum atomic E-state index is -1.14. The first-order chi connectivity index (χ1) is 22.7. The smallest absolute Gasteiger partial charge is 0.412 e. The predicted octanol–water partition coefficient (Wildman–Crippen LogP) is 4.94. The summed E-state index contributed by atoms with van der Waals surface area (Å²) in [6.07, 6.45) is -1.42. The second-order valence-corrected chi connectivity index (χ2v) is 13.2. The number of likely N-dealkylation sites (tertiary alicyclic amines) is 1. The van der Waals surface area contributed by atoms with Gasteiger partial charge >= 0.3 is 24.1 Å². The van der Waals surface area contributed by atoms with Crippen LogP contribution in [0, 0.1) is 5.92 Å². The Morgan fingerprint density at radius 3 is 2.08 bits per heavy atom. The molecule has 256 valence electrons. The molecule has 0 aliphatic carbocycles. The molecule has 48 heavy (non-hydrogen) atoms. The Bertz CT molecular complexity index is 1570. The van der Waals surface area contributed by atoms with Crippen LogP contribution in [0.1, 0.15) is 66.3 Å². The number of methoxy groups -OCH3 is 2. The van der Waals surface area contributed by atoms with Gasteiger partial charge in [-0.05, 0) is 57.2 Å². The van der Waals surface area contributed by atoms with E-state index in [1.165, 1.54) is 12.0 Å². The number of fused-ring (bicyclic) bond motifs is 1. The molecule has 1 N–H and O–H groups in total. The summed E-state index contributed by atoms with van der Waals surface area (Å²) in [5, 5.41) is 2.42. The largest absolute Gasteiger partial charge is 0.467 e. The number of carbonyl (C=O) groups excluding carboxylic acids is 6. The van der Waals surface area contributed by atoms with E-state index in [0.717, 1.165) is 17.6 Å². The summed E-state index contributed by atoms with van der Waals surface area (Å²) in [5.41, 5.74) is 0.144. The van der Waals surface area contributed by atoms with Crippen molar-refractivity contribution in [2.45, 2.75) is 64.3 Å². The van der Waals surface area contributed by atoms with Crippen LogP contribution in [-0.4, -0.2) is 84.2 Å². The third-order valence-corrected chi connectivity index (χ3v) is 8.60. The van der Waals surface area contributed by atoms with Crippen molar-refractivity contribution in [1.82, 2.24) is 15.1 Å². The lowest BCUT2D eigenvalue weighted by atomic mass is 9.94. The molecule has 2 aliphatic rings. The molecule has 4 rings (SSSR count). The van der Waals surface area contributed by atoms with Crippen molar-refractivity contribution in [3.05, 3.63) is 81.5 Å². The lowest BCUT2D eigenvalue weighted by Gasteiger charge is -2.32. The molecule has 2 aliphatic heterocycles. The molecule has 0 spiro atoms. The molecule has 0 unspecified atom stereocenters. The van der Waals surface area contributed by atoms with Crippen LogP contribution >= 0.6 is 15.9 Å². The minimum Gasteiger partial charge on any atom is -0.467 e. The second-order valence-electron chi connectivity index (χ2n) is 12.3. The predicted molar refractivity (Wildman–Crippen MR) is 175 cm³/mol. The number of nitrogens with zero attached hydrogens (tertiary/aromatic N) is 2. The summed E-state index contributed by atoms with van der Waals surface area (Å²) in [4.78, 5) is 80.9. The number of imide groups is 1. The van der Waals surface area contributed by atoms with Gasteiger partial charge in [0.1, 0.15) is 23.9 Å². The molecule has 2 aromatic rings. The fraction of sp³-hybridized carbons (Fsp3) is 0.412. The highest BCUT2D eigenvalue weighted by Gasteiger charge is 2.50. The van der Waals surface area contributed by atoms with Gasteiger partial charge in [0.25, 0.3) is 11.8 Å². The van der Waals surface area contributed by atoms with Crippen molar-refractivity contribution in [1.29, 1.82) is 0 Å². The van der Waals surface area contributed by atoms with Crippen LogP contribution in [0.4, 0.5) is 9.59 Å². The molecule has 1 fully saturated rings. The van der Waals surface area contributed by atoms with Gasteiger partial charge in [-0.2, -0.15) is 0 Å². The van der Waals surface area contributed by atoms with E-state index in [1.54, 1.807) is 69.3 Å². The Morgan fingerprint density at radius 2 is 1.52 bits per heavy atom. The van der Waals surface area contributed by atoms with Crippen LogP contribution in [0.5, 0.6) is 0 Å². The molecule has 0 bridgehead atoms. The summed E-state index contributed by atoms with van der Waals surface area (Å²) in [6, 6.07) is 13.6. The zero-order chi connectivity index (χ0) is 35.2.